The van der Waals surface area contributed by atoms with Crippen molar-refractivity contribution in [1.29, 1.82) is 0 Å². The van der Waals surface area contributed by atoms with Gasteiger partial charge in [-0.25, -0.2) is 0 Å². The monoisotopic (exact) mass is 307 g/mol. The quantitative estimate of drug-likeness (QED) is 0.636. The highest BCUT2D eigenvalue weighted by molar-refractivity contribution is 6.87. The van der Waals surface area contributed by atoms with Crippen molar-refractivity contribution in [1.82, 2.24) is 0 Å². The Morgan fingerprint density at radius 2 is 1.60 bits per heavy atom. The van der Waals surface area contributed by atoms with Crippen LogP contribution in [0.4, 0.5) is 5.69 Å². The number of amides is 1. The van der Waals surface area contributed by atoms with Crippen molar-refractivity contribution >= 4 is 33.9 Å². The summed E-state index contributed by atoms with van der Waals surface area (Å²) in [5.74, 6) is -0.0556. The zero-order chi connectivity index (χ0) is 15.3. The van der Waals surface area contributed by atoms with E-state index in [1.165, 1.54) is 0 Å². The molecule has 1 aliphatic heterocycles. The van der Waals surface area contributed by atoms with Crippen LogP contribution in [0.3, 0.4) is 0 Å². The van der Waals surface area contributed by atoms with E-state index in [0.717, 1.165) is 11.4 Å². The molecule has 0 aromatic heterocycles. The molecule has 4 nitrogen and oxygen atoms in total. The predicted octanol–water partition coefficient (Wildman–Crippen LogP) is 3.26. The van der Waals surface area contributed by atoms with Crippen LogP contribution >= 0.6 is 0 Å². The van der Waals surface area contributed by atoms with Crippen molar-refractivity contribution in [3.63, 3.8) is 0 Å². The van der Waals surface area contributed by atoms with E-state index in [-0.39, 0.29) is 0 Å². The minimum atomic E-state index is -1.94. The molecule has 1 aliphatic rings. The molecule has 0 radical (unpaired) electrons. The number of hydrogen-bond acceptors (Lipinski definition) is 3. The van der Waals surface area contributed by atoms with Gasteiger partial charge in [0.25, 0.3) is 11.7 Å². The average molecular weight is 307 g/mol. The first-order valence-corrected chi connectivity index (χ1v) is 13.6. The Bertz CT molecular complexity index is 585. The maximum Gasteiger partial charge on any atom is 0.291 e. The number of carbonyl (C=O) groups excluding carboxylic acids is 2. The van der Waals surface area contributed by atoms with Gasteiger partial charge in [-0.15, -0.1) is 0 Å². The second kappa shape index (κ2) is 4.56. The maximum atomic E-state index is 12.2. The van der Waals surface area contributed by atoms with Crippen LogP contribution in [0, 0.1) is 0 Å². The SMILES string of the molecule is C[Si](C)(C)Oc1ccc2c(c1)N([Si](C)(C)C)C(=O)C2=O. The molecule has 0 spiro atoms. The van der Waals surface area contributed by atoms with E-state index in [9.17, 15) is 9.59 Å². The molecule has 1 aromatic carbocycles. The summed E-state index contributed by atoms with van der Waals surface area (Å²) in [6.07, 6.45) is 0. The lowest BCUT2D eigenvalue weighted by Gasteiger charge is -2.30. The highest BCUT2D eigenvalue weighted by atomic mass is 28.4. The molecule has 1 heterocycles. The fraction of sp³-hybridized carbons (Fsp3) is 0.429. The number of anilines is 1. The first-order valence-electron chi connectivity index (χ1n) is 6.73. The van der Waals surface area contributed by atoms with Gasteiger partial charge in [-0.2, -0.15) is 0 Å². The summed E-state index contributed by atoms with van der Waals surface area (Å²) in [4.78, 5) is 24.2. The van der Waals surface area contributed by atoms with E-state index in [1.807, 2.05) is 6.07 Å². The van der Waals surface area contributed by atoms with Gasteiger partial charge in [0.15, 0.2) is 8.24 Å². The molecule has 108 valence electrons. The Morgan fingerprint density at radius 1 is 1.00 bits per heavy atom. The third kappa shape index (κ3) is 2.71. The molecule has 0 atom stereocenters. The number of hydrogen-bond donors (Lipinski definition) is 0. The summed E-state index contributed by atoms with van der Waals surface area (Å²) in [7, 11) is -3.65. The Labute approximate surface area is 122 Å². The van der Waals surface area contributed by atoms with Gasteiger partial charge in [-0.3, -0.25) is 9.59 Å². The van der Waals surface area contributed by atoms with E-state index < -0.39 is 28.2 Å². The zero-order valence-electron chi connectivity index (χ0n) is 12.9. The standard InChI is InChI=1S/C14H21NO3Si2/c1-19(2,3)15-12-9-10(18-20(4,5)6)7-8-11(12)13(16)14(15)17/h7-9H,1-6H3. The van der Waals surface area contributed by atoms with Crippen molar-refractivity contribution < 1.29 is 14.0 Å². The van der Waals surface area contributed by atoms with Crippen LogP contribution in [-0.4, -0.2) is 28.2 Å². The third-order valence-corrected chi connectivity index (χ3v) is 5.58. The number of nitrogens with zero attached hydrogens (tertiary/aromatic N) is 1. The third-order valence-electron chi connectivity index (χ3n) is 2.95. The largest absolute Gasteiger partial charge is 0.544 e. The predicted molar refractivity (Wildman–Crippen MR) is 85.6 cm³/mol. The number of rotatable bonds is 3. The smallest absolute Gasteiger partial charge is 0.291 e. The summed E-state index contributed by atoms with van der Waals surface area (Å²) in [6, 6.07) is 5.34. The van der Waals surface area contributed by atoms with Crippen molar-refractivity contribution in [2.45, 2.75) is 39.3 Å². The first kappa shape index (κ1) is 15.0. The van der Waals surface area contributed by atoms with Gasteiger partial charge in [0.2, 0.25) is 8.32 Å². The summed E-state index contributed by atoms with van der Waals surface area (Å²) in [5.41, 5.74) is 1.22. The second-order valence-electron chi connectivity index (χ2n) is 7.03. The van der Waals surface area contributed by atoms with Crippen molar-refractivity contribution in [3.8, 4) is 5.75 Å². The summed E-state index contributed by atoms with van der Waals surface area (Å²) >= 11 is 0. The number of ketones is 1. The van der Waals surface area contributed by atoms with Gasteiger partial charge >= 0.3 is 0 Å². The van der Waals surface area contributed by atoms with Crippen LogP contribution in [0.25, 0.3) is 0 Å². The molecule has 0 saturated carbocycles. The zero-order valence-corrected chi connectivity index (χ0v) is 14.9. The molecule has 0 N–H and O–H groups in total. The van der Waals surface area contributed by atoms with E-state index in [0.29, 0.717) is 5.56 Å². The average Bonchev–Trinajstić information content (AvgIpc) is 2.48. The van der Waals surface area contributed by atoms with Crippen molar-refractivity contribution in [3.05, 3.63) is 23.8 Å². The normalized spacial score (nSPS) is 15.6. The molecule has 0 aliphatic carbocycles. The minimum absolute atomic E-state index is 0.399. The van der Waals surface area contributed by atoms with Gasteiger partial charge in [0.1, 0.15) is 5.75 Å². The van der Waals surface area contributed by atoms with Gasteiger partial charge in [-0.05, 0) is 31.8 Å². The van der Waals surface area contributed by atoms with Gasteiger partial charge in [0.05, 0.1) is 11.3 Å². The summed E-state index contributed by atoms with van der Waals surface area (Å²) < 4.78 is 7.66. The number of fused-ring (bicyclic) bond motifs is 1. The summed E-state index contributed by atoms with van der Waals surface area (Å²) in [6.45, 7) is 12.5. The summed E-state index contributed by atoms with van der Waals surface area (Å²) in [5, 5.41) is 0. The van der Waals surface area contributed by atoms with Crippen molar-refractivity contribution in [2.24, 2.45) is 0 Å². The van der Waals surface area contributed by atoms with Crippen LogP contribution < -0.4 is 8.99 Å². The highest BCUT2D eigenvalue weighted by Crippen LogP contribution is 2.36. The molecule has 0 bridgehead atoms. The number of benzene rings is 1. The van der Waals surface area contributed by atoms with E-state index in [2.05, 4.69) is 39.3 Å². The van der Waals surface area contributed by atoms with E-state index >= 15 is 0 Å². The maximum absolute atomic E-state index is 12.2. The number of Topliss-reactive ketones (excluding diaryl/α,β-unsaturated/α-hetero) is 1. The van der Waals surface area contributed by atoms with Gasteiger partial charge in [0, 0.05) is 6.07 Å². The molecule has 0 fully saturated rings. The van der Waals surface area contributed by atoms with Crippen LogP contribution in [0.5, 0.6) is 5.75 Å². The fourth-order valence-corrected chi connectivity index (χ4v) is 4.75. The first-order chi connectivity index (χ1) is 9.00. The van der Waals surface area contributed by atoms with E-state index in [1.54, 1.807) is 16.7 Å². The molecule has 0 saturated heterocycles. The molecule has 6 heteroatoms. The highest BCUT2D eigenvalue weighted by Gasteiger charge is 2.42. The molecular weight excluding hydrogens is 286 g/mol. The molecule has 2 rings (SSSR count). The van der Waals surface area contributed by atoms with Crippen LogP contribution in [0.2, 0.25) is 39.3 Å². The lowest BCUT2D eigenvalue weighted by molar-refractivity contribution is -0.113. The molecular formula is C14H21NO3Si2. The molecule has 1 aromatic rings. The topological polar surface area (TPSA) is 46.6 Å². The Morgan fingerprint density at radius 3 is 2.10 bits per heavy atom. The van der Waals surface area contributed by atoms with Crippen molar-refractivity contribution in [2.75, 3.05) is 4.57 Å². The van der Waals surface area contributed by atoms with Crippen LogP contribution in [0.15, 0.2) is 18.2 Å². The van der Waals surface area contributed by atoms with Crippen LogP contribution in [-0.2, 0) is 4.79 Å². The Balaban J connectivity index is 2.50. The van der Waals surface area contributed by atoms with Gasteiger partial charge < -0.3 is 8.99 Å². The molecule has 20 heavy (non-hydrogen) atoms. The fourth-order valence-electron chi connectivity index (χ4n) is 2.30. The minimum Gasteiger partial charge on any atom is -0.544 e. The second-order valence-corrected chi connectivity index (χ2v) is 16.3. The molecule has 1 amide bonds. The molecule has 0 unspecified atom stereocenters. The van der Waals surface area contributed by atoms with E-state index in [4.69, 9.17) is 4.43 Å². The lowest BCUT2D eigenvalue weighted by Crippen LogP contribution is -2.49. The van der Waals surface area contributed by atoms with Gasteiger partial charge in [-0.1, -0.05) is 19.6 Å². The Hall–Kier alpha value is -1.41. The number of carbonyl (C=O) groups is 2. The Kier molecular flexibility index (Phi) is 3.42. The lowest BCUT2D eigenvalue weighted by atomic mass is 10.1. The van der Waals surface area contributed by atoms with Crippen LogP contribution in [0.1, 0.15) is 10.4 Å².